The van der Waals surface area contributed by atoms with E-state index in [1.807, 2.05) is 0 Å². The average Bonchev–Trinajstić information content (AvgIpc) is 2.50. The van der Waals surface area contributed by atoms with Gasteiger partial charge < -0.3 is 5.32 Å². The van der Waals surface area contributed by atoms with Crippen LogP contribution in [0.2, 0.25) is 0 Å². The van der Waals surface area contributed by atoms with Crippen LogP contribution in [0.25, 0.3) is 0 Å². The van der Waals surface area contributed by atoms with Gasteiger partial charge in [0.05, 0.1) is 0 Å². The highest BCUT2D eigenvalue weighted by molar-refractivity contribution is 5.26. The molecule has 1 aromatic carbocycles. The predicted molar refractivity (Wildman–Crippen MR) is 65.1 cm³/mol. The van der Waals surface area contributed by atoms with Crippen LogP contribution < -0.4 is 5.32 Å². The highest BCUT2D eigenvalue weighted by atomic mass is 14.9. The number of aryl methyl sites for hydroxylation is 1. The van der Waals surface area contributed by atoms with Crippen LogP contribution in [0.3, 0.4) is 0 Å². The van der Waals surface area contributed by atoms with Crippen LogP contribution in [0, 0.1) is 6.92 Å². The van der Waals surface area contributed by atoms with Gasteiger partial charge in [-0.25, -0.2) is 0 Å². The summed E-state index contributed by atoms with van der Waals surface area (Å²) in [5, 5.41) is 3.66. The van der Waals surface area contributed by atoms with E-state index in [9.17, 15) is 0 Å². The van der Waals surface area contributed by atoms with Gasteiger partial charge in [0.1, 0.15) is 0 Å². The van der Waals surface area contributed by atoms with Crippen molar-refractivity contribution in [2.75, 3.05) is 6.54 Å². The van der Waals surface area contributed by atoms with Gasteiger partial charge in [-0.05, 0) is 43.9 Å². The van der Waals surface area contributed by atoms with Gasteiger partial charge >= 0.3 is 0 Å². The van der Waals surface area contributed by atoms with Crippen molar-refractivity contribution in [1.29, 1.82) is 0 Å². The molecule has 0 amide bonds. The van der Waals surface area contributed by atoms with Crippen LogP contribution in [-0.2, 0) is 6.42 Å². The molecule has 0 bridgehead atoms. The number of benzene rings is 1. The van der Waals surface area contributed by atoms with E-state index in [4.69, 9.17) is 0 Å². The number of hydrogen-bond acceptors (Lipinski definition) is 1. The Morgan fingerprint density at radius 3 is 2.93 bits per heavy atom. The lowest BCUT2D eigenvalue weighted by Gasteiger charge is -2.16. The average molecular weight is 203 g/mol. The molecule has 1 saturated heterocycles. The Morgan fingerprint density at radius 1 is 1.20 bits per heavy atom. The van der Waals surface area contributed by atoms with E-state index in [1.165, 1.54) is 49.8 Å². The van der Waals surface area contributed by atoms with Crippen LogP contribution in [-0.4, -0.2) is 12.6 Å². The monoisotopic (exact) mass is 203 g/mol. The van der Waals surface area contributed by atoms with E-state index >= 15 is 0 Å². The Kier molecular flexibility index (Phi) is 3.79. The Balaban J connectivity index is 1.98. The fraction of sp³-hybridized carbons (Fsp3) is 0.571. The minimum Gasteiger partial charge on any atom is -0.314 e. The zero-order valence-electron chi connectivity index (χ0n) is 9.63. The Labute approximate surface area is 92.9 Å². The normalized spacial score (nSPS) is 22.3. The molecule has 1 aromatic rings. The zero-order chi connectivity index (χ0) is 10.5. The van der Waals surface area contributed by atoms with E-state index in [1.54, 1.807) is 0 Å². The molecule has 2 rings (SSSR count). The second-order valence-corrected chi connectivity index (χ2v) is 4.63. The number of rotatable bonds is 2. The fourth-order valence-electron chi connectivity index (χ4n) is 2.38. The second kappa shape index (κ2) is 5.32. The van der Waals surface area contributed by atoms with Crippen molar-refractivity contribution in [1.82, 2.24) is 5.32 Å². The molecule has 1 heterocycles. The molecule has 1 nitrogen and oxygen atoms in total. The van der Waals surface area contributed by atoms with Crippen molar-refractivity contribution < 1.29 is 0 Å². The number of hydrogen-bond donors (Lipinski definition) is 1. The van der Waals surface area contributed by atoms with E-state index in [-0.39, 0.29) is 0 Å². The third-order valence-corrected chi connectivity index (χ3v) is 3.39. The summed E-state index contributed by atoms with van der Waals surface area (Å²) in [6.07, 6.45) is 6.69. The maximum atomic E-state index is 3.66. The van der Waals surface area contributed by atoms with Crippen molar-refractivity contribution in [2.45, 2.75) is 45.1 Å². The van der Waals surface area contributed by atoms with Gasteiger partial charge in [-0.3, -0.25) is 0 Å². The second-order valence-electron chi connectivity index (χ2n) is 4.63. The van der Waals surface area contributed by atoms with Crippen molar-refractivity contribution in [2.24, 2.45) is 0 Å². The Morgan fingerprint density at radius 2 is 2.07 bits per heavy atom. The van der Waals surface area contributed by atoms with Gasteiger partial charge in [0.15, 0.2) is 0 Å². The van der Waals surface area contributed by atoms with E-state index in [2.05, 4.69) is 36.5 Å². The maximum Gasteiger partial charge on any atom is 0.0108 e. The van der Waals surface area contributed by atoms with Gasteiger partial charge in [0, 0.05) is 6.04 Å². The molecule has 0 spiro atoms. The van der Waals surface area contributed by atoms with Gasteiger partial charge in [-0.2, -0.15) is 0 Å². The first kappa shape index (κ1) is 10.7. The van der Waals surface area contributed by atoms with Crippen LogP contribution in [0.4, 0.5) is 0 Å². The van der Waals surface area contributed by atoms with Gasteiger partial charge in [0.25, 0.3) is 0 Å². The lowest BCUT2D eigenvalue weighted by molar-refractivity contribution is 0.507. The molecular formula is C14H21N. The summed E-state index contributed by atoms with van der Waals surface area (Å²) in [6, 6.07) is 9.46. The highest BCUT2D eigenvalue weighted by Crippen LogP contribution is 2.15. The summed E-state index contributed by atoms with van der Waals surface area (Å²) in [5.74, 6) is 0. The molecule has 1 heteroatoms. The minimum atomic E-state index is 0.702. The van der Waals surface area contributed by atoms with Crippen molar-refractivity contribution in [3.8, 4) is 0 Å². The third-order valence-electron chi connectivity index (χ3n) is 3.39. The molecule has 0 radical (unpaired) electrons. The zero-order valence-corrected chi connectivity index (χ0v) is 9.63. The fourth-order valence-corrected chi connectivity index (χ4v) is 2.38. The summed E-state index contributed by atoms with van der Waals surface area (Å²) >= 11 is 0. The van der Waals surface area contributed by atoms with Gasteiger partial charge in [0.2, 0.25) is 0 Å². The first-order valence-electron chi connectivity index (χ1n) is 6.14. The molecule has 82 valence electrons. The van der Waals surface area contributed by atoms with E-state index in [0.29, 0.717) is 6.04 Å². The highest BCUT2D eigenvalue weighted by Gasteiger charge is 2.12. The molecule has 0 aliphatic carbocycles. The van der Waals surface area contributed by atoms with Crippen LogP contribution >= 0.6 is 0 Å². The van der Waals surface area contributed by atoms with Crippen molar-refractivity contribution in [3.63, 3.8) is 0 Å². The van der Waals surface area contributed by atoms with Crippen molar-refractivity contribution in [3.05, 3.63) is 35.4 Å². The standard InChI is InChI=1S/C14H21N/c1-12-7-4-5-8-13(12)11-14-9-3-2-6-10-15-14/h4-5,7-8,14-15H,2-3,6,9-11H2,1H3/t14-/m0/s1. The number of nitrogens with one attached hydrogen (secondary N) is 1. The van der Waals surface area contributed by atoms with Crippen LogP contribution in [0.1, 0.15) is 36.8 Å². The molecular weight excluding hydrogens is 182 g/mol. The first-order valence-corrected chi connectivity index (χ1v) is 6.14. The van der Waals surface area contributed by atoms with E-state index in [0.717, 1.165) is 0 Å². The molecule has 0 unspecified atom stereocenters. The molecule has 1 aliphatic rings. The Hall–Kier alpha value is -0.820. The molecule has 1 fully saturated rings. The van der Waals surface area contributed by atoms with Gasteiger partial charge in [-0.15, -0.1) is 0 Å². The summed E-state index contributed by atoms with van der Waals surface area (Å²) < 4.78 is 0. The SMILES string of the molecule is Cc1ccccc1C[C@@H]1CCCCCN1. The van der Waals surface area contributed by atoms with Crippen molar-refractivity contribution >= 4 is 0 Å². The van der Waals surface area contributed by atoms with Gasteiger partial charge in [-0.1, -0.05) is 37.1 Å². The molecule has 0 aromatic heterocycles. The molecule has 15 heavy (non-hydrogen) atoms. The lowest BCUT2D eigenvalue weighted by atomic mass is 9.98. The molecule has 0 saturated carbocycles. The lowest BCUT2D eigenvalue weighted by Crippen LogP contribution is -2.30. The molecule has 1 aliphatic heterocycles. The predicted octanol–water partition coefficient (Wildman–Crippen LogP) is 3.07. The summed E-state index contributed by atoms with van der Waals surface area (Å²) in [4.78, 5) is 0. The summed E-state index contributed by atoms with van der Waals surface area (Å²) in [5.41, 5.74) is 2.94. The van der Waals surface area contributed by atoms with Crippen LogP contribution in [0.5, 0.6) is 0 Å². The third kappa shape index (κ3) is 3.07. The quantitative estimate of drug-likeness (QED) is 0.779. The topological polar surface area (TPSA) is 12.0 Å². The molecule has 1 atom stereocenters. The van der Waals surface area contributed by atoms with Crippen LogP contribution in [0.15, 0.2) is 24.3 Å². The summed E-state index contributed by atoms with van der Waals surface area (Å²) in [7, 11) is 0. The largest absolute Gasteiger partial charge is 0.314 e. The maximum absolute atomic E-state index is 3.66. The summed E-state index contributed by atoms with van der Waals surface area (Å²) in [6.45, 7) is 3.42. The molecule has 1 N–H and O–H groups in total. The Bertz CT molecular complexity index is 298. The smallest absolute Gasteiger partial charge is 0.0108 e. The first-order chi connectivity index (χ1) is 7.36. The van der Waals surface area contributed by atoms with E-state index < -0.39 is 0 Å². The minimum absolute atomic E-state index is 0.702.